The number of rotatable bonds is 1. The maximum absolute atomic E-state index is 11.5. The first-order chi connectivity index (χ1) is 9.11. The van der Waals surface area contributed by atoms with Crippen LogP contribution in [0.5, 0.6) is 5.75 Å². The SMILES string of the molecule is Cc1cc(=O)oc2c1ccc1c(O)c(C=O)ccc12. The van der Waals surface area contributed by atoms with Crippen LogP contribution >= 0.6 is 0 Å². The fraction of sp³-hybridized carbons (Fsp3) is 0.0667. The van der Waals surface area contributed by atoms with Crippen LogP contribution in [-0.2, 0) is 0 Å². The zero-order valence-electron chi connectivity index (χ0n) is 10.1. The highest BCUT2D eigenvalue weighted by Gasteiger charge is 2.11. The van der Waals surface area contributed by atoms with Crippen LogP contribution in [0, 0.1) is 6.92 Å². The topological polar surface area (TPSA) is 67.5 Å². The first kappa shape index (κ1) is 11.5. The molecule has 0 atom stereocenters. The summed E-state index contributed by atoms with van der Waals surface area (Å²) >= 11 is 0. The third-order valence-corrected chi connectivity index (χ3v) is 3.24. The Balaban J connectivity index is 2.58. The summed E-state index contributed by atoms with van der Waals surface area (Å²) in [6.45, 7) is 1.82. The predicted molar refractivity (Wildman–Crippen MR) is 71.8 cm³/mol. The molecule has 0 aliphatic carbocycles. The molecule has 1 N–H and O–H groups in total. The summed E-state index contributed by atoms with van der Waals surface area (Å²) < 4.78 is 5.23. The minimum Gasteiger partial charge on any atom is -0.507 e. The van der Waals surface area contributed by atoms with Crippen LogP contribution in [0.2, 0.25) is 0 Å². The monoisotopic (exact) mass is 254 g/mol. The van der Waals surface area contributed by atoms with Gasteiger partial charge >= 0.3 is 5.63 Å². The molecule has 0 saturated heterocycles. The van der Waals surface area contributed by atoms with Gasteiger partial charge in [0.25, 0.3) is 0 Å². The van der Waals surface area contributed by atoms with Crippen LogP contribution in [0.25, 0.3) is 21.7 Å². The maximum atomic E-state index is 11.5. The van der Waals surface area contributed by atoms with Gasteiger partial charge in [-0.05, 0) is 30.7 Å². The zero-order valence-corrected chi connectivity index (χ0v) is 10.1. The molecule has 4 nitrogen and oxygen atoms in total. The van der Waals surface area contributed by atoms with Crippen molar-refractivity contribution < 1.29 is 14.3 Å². The normalized spacial score (nSPS) is 11.0. The lowest BCUT2D eigenvalue weighted by Gasteiger charge is -2.07. The lowest BCUT2D eigenvalue weighted by Crippen LogP contribution is -1.98. The van der Waals surface area contributed by atoms with Crippen molar-refractivity contribution in [3.8, 4) is 5.75 Å². The molecule has 0 unspecified atom stereocenters. The molecule has 0 saturated carbocycles. The molecular formula is C15H10O4. The summed E-state index contributed by atoms with van der Waals surface area (Å²) in [5.74, 6) is -0.0986. The minimum absolute atomic E-state index is 0.0986. The van der Waals surface area contributed by atoms with Crippen LogP contribution in [0.15, 0.2) is 39.5 Å². The number of hydrogen-bond acceptors (Lipinski definition) is 4. The summed E-state index contributed by atoms with van der Waals surface area (Å²) in [6, 6.07) is 8.08. The second-order valence-electron chi connectivity index (χ2n) is 4.41. The third kappa shape index (κ3) is 1.61. The highest BCUT2D eigenvalue weighted by molar-refractivity contribution is 6.09. The molecule has 0 amide bonds. The van der Waals surface area contributed by atoms with E-state index in [0.29, 0.717) is 22.6 Å². The number of fused-ring (bicyclic) bond motifs is 3. The van der Waals surface area contributed by atoms with E-state index in [4.69, 9.17) is 4.42 Å². The lowest BCUT2D eigenvalue weighted by atomic mass is 10.0. The molecule has 2 aromatic carbocycles. The Kier molecular flexibility index (Phi) is 2.38. The first-order valence-corrected chi connectivity index (χ1v) is 5.76. The van der Waals surface area contributed by atoms with E-state index in [0.717, 1.165) is 10.9 Å². The van der Waals surface area contributed by atoms with Crippen molar-refractivity contribution in [2.24, 2.45) is 0 Å². The number of aryl methyl sites for hydroxylation is 1. The number of phenolic OH excluding ortho intramolecular Hbond substituents is 1. The Morgan fingerprint density at radius 1 is 1.11 bits per heavy atom. The summed E-state index contributed by atoms with van der Waals surface area (Å²) in [7, 11) is 0. The first-order valence-electron chi connectivity index (χ1n) is 5.76. The molecule has 0 radical (unpaired) electrons. The Hall–Kier alpha value is -2.62. The van der Waals surface area contributed by atoms with Crippen molar-refractivity contribution in [3.63, 3.8) is 0 Å². The van der Waals surface area contributed by atoms with Gasteiger partial charge in [-0.25, -0.2) is 4.79 Å². The van der Waals surface area contributed by atoms with Crippen molar-refractivity contribution in [1.29, 1.82) is 0 Å². The molecule has 0 spiro atoms. The molecule has 94 valence electrons. The van der Waals surface area contributed by atoms with Gasteiger partial charge < -0.3 is 9.52 Å². The molecule has 1 heterocycles. The van der Waals surface area contributed by atoms with Gasteiger partial charge in [-0.3, -0.25) is 4.79 Å². The molecule has 0 aliphatic rings. The number of benzene rings is 2. The average molecular weight is 254 g/mol. The van der Waals surface area contributed by atoms with E-state index in [2.05, 4.69) is 0 Å². The van der Waals surface area contributed by atoms with Gasteiger partial charge in [-0.1, -0.05) is 6.07 Å². The number of hydrogen-bond donors (Lipinski definition) is 1. The summed E-state index contributed by atoms with van der Waals surface area (Å²) in [5, 5.41) is 11.9. The highest BCUT2D eigenvalue weighted by Crippen LogP contribution is 2.33. The van der Waals surface area contributed by atoms with E-state index in [-0.39, 0.29) is 11.3 Å². The highest BCUT2D eigenvalue weighted by atomic mass is 16.4. The van der Waals surface area contributed by atoms with Gasteiger partial charge in [0.15, 0.2) is 6.29 Å². The molecule has 3 aromatic rings. The number of phenols is 1. The van der Waals surface area contributed by atoms with Crippen LogP contribution in [0.3, 0.4) is 0 Å². The van der Waals surface area contributed by atoms with Crippen LogP contribution in [-0.4, -0.2) is 11.4 Å². The van der Waals surface area contributed by atoms with Crippen LogP contribution in [0.4, 0.5) is 0 Å². The van der Waals surface area contributed by atoms with Crippen molar-refractivity contribution in [1.82, 2.24) is 0 Å². The molecule has 3 rings (SSSR count). The van der Waals surface area contributed by atoms with Gasteiger partial charge in [0, 0.05) is 22.2 Å². The van der Waals surface area contributed by atoms with Crippen molar-refractivity contribution in [3.05, 3.63) is 51.9 Å². The van der Waals surface area contributed by atoms with E-state index in [1.807, 2.05) is 6.92 Å². The standard InChI is InChI=1S/C15H10O4/c1-8-6-13(17)19-15-10(8)4-5-11-12(15)3-2-9(7-16)14(11)18/h2-7,18H,1H3. The lowest BCUT2D eigenvalue weighted by molar-refractivity contribution is 0.112. The van der Waals surface area contributed by atoms with Crippen LogP contribution < -0.4 is 5.63 Å². The van der Waals surface area contributed by atoms with Gasteiger partial charge in [-0.15, -0.1) is 0 Å². The van der Waals surface area contributed by atoms with E-state index >= 15 is 0 Å². The number of aldehydes is 1. The fourth-order valence-electron chi connectivity index (χ4n) is 2.28. The third-order valence-electron chi connectivity index (χ3n) is 3.24. The molecule has 1 aromatic heterocycles. The maximum Gasteiger partial charge on any atom is 0.336 e. The summed E-state index contributed by atoms with van der Waals surface area (Å²) in [6.07, 6.45) is 0.589. The van der Waals surface area contributed by atoms with Crippen LogP contribution in [0.1, 0.15) is 15.9 Å². The minimum atomic E-state index is -0.434. The molecule has 0 fully saturated rings. The zero-order chi connectivity index (χ0) is 13.6. The summed E-state index contributed by atoms with van der Waals surface area (Å²) in [4.78, 5) is 22.3. The van der Waals surface area contributed by atoms with E-state index in [1.54, 1.807) is 18.2 Å². The second kappa shape index (κ2) is 3.95. The van der Waals surface area contributed by atoms with Gasteiger partial charge in [-0.2, -0.15) is 0 Å². The van der Waals surface area contributed by atoms with Crippen molar-refractivity contribution in [2.75, 3.05) is 0 Å². The largest absolute Gasteiger partial charge is 0.507 e. The number of carbonyl (C=O) groups is 1. The van der Waals surface area contributed by atoms with E-state index in [1.165, 1.54) is 12.1 Å². The van der Waals surface area contributed by atoms with Gasteiger partial charge in [0.2, 0.25) is 0 Å². The van der Waals surface area contributed by atoms with Gasteiger partial charge in [0.1, 0.15) is 11.3 Å². The van der Waals surface area contributed by atoms with Gasteiger partial charge in [0.05, 0.1) is 5.56 Å². The Morgan fingerprint density at radius 3 is 2.53 bits per heavy atom. The smallest absolute Gasteiger partial charge is 0.336 e. The Labute approximate surface area is 107 Å². The van der Waals surface area contributed by atoms with Crippen molar-refractivity contribution in [2.45, 2.75) is 6.92 Å². The summed E-state index contributed by atoms with van der Waals surface area (Å²) in [5.41, 5.74) is 1.01. The Morgan fingerprint density at radius 2 is 1.79 bits per heavy atom. The average Bonchev–Trinajstić information content (AvgIpc) is 2.39. The molecule has 0 aliphatic heterocycles. The number of carbonyl (C=O) groups excluding carboxylic acids is 1. The molecule has 4 heteroatoms. The van der Waals surface area contributed by atoms with Crippen molar-refractivity contribution >= 4 is 28.0 Å². The molecular weight excluding hydrogens is 244 g/mol. The second-order valence-corrected chi connectivity index (χ2v) is 4.41. The molecule has 0 bridgehead atoms. The fourth-order valence-corrected chi connectivity index (χ4v) is 2.28. The number of aromatic hydroxyl groups is 1. The quantitative estimate of drug-likeness (QED) is 0.412. The van der Waals surface area contributed by atoms with E-state index in [9.17, 15) is 14.7 Å². The Bertz CT molecular complexity index is 875. The predicted octanol–water partition coefficient (Wildman–Crippen LogP) is 2.77. The molecule has 19 heavy (non-hydrogen) atoms. The van der Waals surface area contributed by atoms with E-state index < -0.39 is 5.63 Å².